The summed E-state index contributed by atoms with van der Waals surface area (Å²) in [6, 6.07) is 9.67. The average molecular weight is 262 g/mol. The summed E-state index contributed by atoms with van der Waals surface area (Å²) in [5, 5.41) is 5.39. The highest BCUT2D eigenvalue weighted by molar-refractivity contribution is 5.84. The van der Waals surface area contributed by atoms with Crippen molar-refractivity contribution < 1.29 is 9.59 Å². The van der Waals surface area contributed by atoms with E-state index in [0.717, 1.165) is 12.0 Å². The predicted octanol–water partition coefficient (Wildman–Crippen LogP) is 1.86. The van der Waals surface area contributed by atoms with Crippen LogP contribution in [0.5, 0.6) is 0 Å². The van der Waals surface area contributed by atoms with E-state index in [4.69, 9.17) is 0 Å². The topological polar surface area (TPSA) is 58.2 Å². The molecule has 0 atom stereocenters. The summed E-state index contributed by atoms with van der Waals surface area (Å²) < 4.78 is 0. The molecule has 0 saturated heterocycles. The van der Waals surface area contributed by atoms with Crippen molar-refractivity contribution in [3.63, 3.8) is 0 Å². The van der Waals surface area contributed by atoms with Gasteiger partial charge in [0, 0.05) is 13.0 Å². The van der Waals surface area contributed by atoms with Crippen LogP contribution in [-0.2, 0) is 16.1 Å². The van der Waals surface area contributed by atoms with Gasteiger partial charge in [0.25, 0.3) is 0 Å². The molecule has 104 valence electrons. The minimum Gasteiger partial charge on any atom is -0.350 e. The summed E-state index contributed by atoms with van der Waals surface area (Å²) >= 11 is 0. The van der Waals surface area contributed by atoms with Gasteiger partial charge in [-0.1, -0.05) is 44.2 Å². The second kappa shape index (κ2) is 8.29. The smallest absolute Gasteiger partial charge is 0.239 e. The third-order valence-corrected chi connectivity index (χ3v) is 2.73. The van der Waals surface area contributed by atoms with Crippen LogP contribution in [0.2, 0.25) is 0 Å². The number of amides is 2. The molecule has 19 heavy (non-hydrogen) atoms. The van der Waals surface area contributed by atoms with Gasteiger partial charge in [-0.05, 0) is 17.9 Å². The molecular formula is C15H22N2O2. The molecule has 0 spiro atoms. The molecule has 0 aliphatic carbocycles. The molecule has 0 radical (unpaired) electrons. The van der Waals surface area contributed by atoms with E-state index in [2.05, 4.69) is 24.5 Å². The Morgan fingerprint density at radius 3 is 2.37 bits per heavy atom. The molecule has 0 saturated carbocycles. The van der Waals surface area contributed by atoms with Crippen LogP contribution in [0.15, 0.2) is 30.3 Å². The van der Waals surface area contributed by atoms with Gasteiger partial charge in [0.1, 0.15) is 0 Å². The highest BCUT2D eigenvalue weighted by Crippen LogP contribution is 2.02. The Labute approximate surface area is 114 Å². The maximum Gasteiger partial charge on any atom is 0.239 e. The molecule has 4 heteroatoms. The minimum absolute atomic E-state index is 0.0454. The molecule has 0 aliphatic heterocycles. The Balaban J connectivity index is 2.16. The molecule has 0 fully saturated rings. The summed E-state index contributed by atoms with van der Waals surface area (Å²) in [6.07, 6.45) is 1.32. The Morgan fingerprint density at radius 1 is 1.05 bits per heavy atom. The van der Waals surface area contributed by atoms with Crippen LogP contribution >= 0.6 is 0 Å². The number of hydrogen-bond donors (Lipinski definition) is 2. The van der Waals surface area contributed by atoms with Crippen LogP contribution < -0.4 is 10.6 Å². The van der Waals surface area contributed by atoms with Gasteiger partial charge >= 0.3 is 0 Å². The molecule has 2 N–H and O–H groups in total. The summed E-state index contributed by atoms with van der Waals surface area (Å²) in [7, 11) is 0. The second-order valence-electron chi connectivity index (χ2n) is 4.97. The van der Waals surface area contributed by atoms with Gasteiger partial charge in [-0.3, -0.25) is 9.59 Å². The van der Waals surface area contributed by atoms with Gasteiger partial charge in [0.05, 0.1) is 6.54 Å². The van der Waals surface area contributed by atoms with Crippen molar-refractivity contribution in [3.8, 4) is 0 Å². The molecule has 0 aliphatic rings. The molecule has 0 aromatic heterocycles. The van der Waals surface area contributed by atoms with Crippen LogP contribution in [0.4, 0.5) is 0 Å². The van der Waals surface area contributed by atoms with Gasteiger partial charge in [0.2, 0.25) is 11.8 Å². The zero-order valence-corrected chi connectivity index (χ0v) is 11.6. The third kappa shape index (κ3) is 7.24. The van der Waals surface area contributed by atoms with Crippen LogP contribution in [0.25, 0.3) is 0 Å². The van der Waals surface area contributed by atoms with E-state index < -0.39 is 0 Å². The first-order valence-corrected chi connectivity index (χ1v) is 6.65. The molecule has 0 unspecified atom stereocenters. The SMILES string of the molecule is CC(C)CCC(=O)NCC(=O)NCc1ccccc1. The summed E-state index contributed by atoms with van der Waals surface area (Å²) in [5.74, 6) is 0.267. The maximum absolute atomic E-state index is 11.5. The monoisotopic (exact) mass is 262 g/mol. The number of carbonyl (C=O) groups excluding carboxylic acids is 2. The Kier molecular flexibility index (Phi) is 6.64. The standard InChI is InChI=1S/C15H22N2O2/c1-12(2)8-9-14(18)17-11-15(19)16-10-13-6-4-3-5-7-13/h3-7,12H,8-11H2,1-2H3,(H,16,19)(H,17,18). The lowest BCUT2D eigenvalue weighted by Crippen LogP contribution is -2.36. The van der Waals surface area contributed by atoms with E-state index in [1.54, 1.807) is 0 Å². The fourth-order valence-corrected chi connectivity index (χ4v) is 1.55. The van der Waals surface area contributed by atoms with E-state index in [1.165, 1.54) is 0 Å². The Bertz CT molecular complexity index is 402. The van der Waals surface area contributed by atoms with E-state index in [1.807, 2.05) is 30.3 Å². The van der Waals surface area contributed by atoms with Crippen molar-refractivity contribution >= 4 is 11.8 Å². The number of hydrogen-bond acceptors (Lipinski definition) is 2. The molecule has 4 nitrogen and oxygen atoms in total. The number of nitrogens with one attached hydrogen (secondary N) is 2. The Hall–Kier alpha value is -1.84. The quantitative estimate of drug-likeness (QED) is 0.788. The highest BCUT2D eigenvalue weighted by atomic mass is 16.2. The van der Waals surface area contributed by atoms with Crippen molar-refractivity contribution in [1.29, 1.82) is 0 Å². The van der Waals surface area contributed by atoms with Gasteiger partial charge < -0.3 is 10.6 Å². The highest BCUT2D eigenvalue weighted by Gasteiger charge is 2.06. The fraction of sp³-hybridized carbons (Fsp3) is 0.467. The van der Waals surface area contributed by atoms with Crippen LogP contribution in [0.3, 0.4) is 0 Å². The van der Waals surface area contributed by atoms with Crippen LogP contribution in [0, 0.1) is 5.92 Å². The molecule has 0 bridgehead atoms. The van der Waals surface area contributed by atoms with Crippen molar-refractivity contribution in [2.75, 3.05) is 6.54 Å². The van der Waals surface area contributed by atoms with Gasteiger partial charge in [-0.2, -0.15) is 0 Å². The molecular weight excluding hydrogens is 240 g/mol. The largest absolute Gasteiger partial charge is 0.350 e. The zero-order valence-electron chi connectivity index (χ0n) is 11.6. The van der Waals surface area contributed by atoms with Crippen LogP contribution in [-0.4, -0.2) is 18.4 Å². The third-order valence-electron chi connectivity index (χ3n) is 2.73. The molecule has 1 aromatic rings. The summed E-state index contributed by atoms with van der Waals surface area (Å²) in [6.45, 7) is 4.67. The number of carbonyl (C=O) groups is 2. The molecule has 1 aromatic carbocycles. The van der Waals surface area contributed by atoms with E-state index in [0.29, 0.717) is 18.9 Å². The van der Waals surface area contributed by atoms with E-state index >= 15 is 0 Å². The zero-order chi connectivity index (χ0) is 14.1. The summed E-state index contributed by atoms with van der Waals surface area (Å²) in [4.78, 5) is 23.0. The van der Waals surface area contributed by atoms with Gasteiger partial charge in [0.15, 0.2) is 0 Å². The van der Waals surface area contributed by atoms with Crippen molar-refractivity contribution in [1.82, 2.24) is 10.6 Å². The van der Waals surface area contributed by atoms with E-state index in [-0.39, 0.29) is 18.4 Å². The lowest BCUT2D eigenvalue weighted by molar-refractivity contribution is -0.126. The van der Waals surface area contributed by atoms with Crippen molar-refractivity contribution in [2.24, 2.45) is 5.92 Å². The first-order valence-electron chi connectivity index (χ1n) is 6.65. The lowest BCUT2D eigenvalue weighted by atomic mass is 10.1. The van der Waals surface area contributed by atoms with Gasteiger partial charge in [-0.25, -0.2) is 0 Å². The minimum atomic E-state index is -0.165. The fourth-order valence-electron chi connectivity index (χ4n) is 1.55. The van der Waals surface area contributed by atoms with E-state index in [9.17, 15) is 9.59 Å². The van der Waals surface area contributed by atoms with Gasteiger partial charge in [-0.15, -0.1) is 0 Å². The second-order valence-corrected chi connectivity index (χ2v) is 4.97. The lowest BCUT2D eigenvalue weighted by Gasteiger charge is -2.08. The molecule has 2 amide bonds. The average Bonchev–Trinajstić information content (AvgIpc) is 2.41. The predicted molar refractivity (Wildman–Crippen MR) is 75.4 cm³/mol. The normalized spacial score (nSPS) is 10.3. The first kappa shape index (κ1) is 15.2. The molecule has 0 heterocycles. The summed E-state index contributed by atoms with van der Waals surface area (Å²) in [5.41, 5.74) is 1.04. The van der Waals surface area contributed by atoms with Crippen molar-refractivity contribution in [2.45, 2.75) is 33.2 Å². The van der Waals surface area contributed by atoms with Crippen molar-refractivity contribution in [3.05, 3.63) is 35.9 Å². The number of benzene rings is 1. The van der Waals surface area contributed by atoms with Crippen LogP contribution in [0.1, 0.15) is 32.3 Å². The molecule has 1 rings (SSSR count). The number of rotatable bonds is 7. The Morgan fingerprint density at radius 2 is 1.74 bits per heavy atom. The maximum atomic E-state index is 11.5. The first-order chi connectivity index (χ1) is 9.08.